The highest BCUT2D eigenvalue weighted by molar-refractivity contribution is 5.79. The molecule has 3 rings (SSSR count). The second-order valence-electron chi connectivity index (χ2n) is 7.74. The van der Waals surface area contributed by atoms with Gasteiger partial charge in [0.25, 0.3) is 0 Å². The Labute approximate surface area is 174 Å². The number of aliphatic imine (C=N–C) groups is 1. The van der Waals surface area contributed by atoms with Crippen LogP contribution in [0.3, 0.4) is 0 Å². The molecule has 5 heteroatoms. The number of aryl methyl sites for hydroxylation is 2. The molecule has 0 radical (unpaired) electrons. The Morgan fingerprint density at radius 2 is 1.90 bits per heavy atom. The average Bonchev–Trinajstić information content (AvgIpc) is 3.25. The predicted octanol–water partition coefficient (Wildman–Crippen LogP) is 3.63. The van der Waals surface area contributed by atoms with Gasteiger partial charge in [0, 0.05) is 38.2 Å². The third kappa shape index (κ3) is 6.79. The fourth-order valence-electron chi connectivity index (χ4n) is 3.34. The van der Waals surface area contributed by atoms with Gasteiger partial charge in [-0.25, -0.2) is 0 Å². The third-order valence-corrected chi connectivity index (χ3v) is 5.22. The van der Waals surface area contributed by atoms with Crippen molar-refractivity contribution in [1.82, 2.24) is 10.6 Å². The molecule has 1 saturated heterocycles. The molecule has 156 valence electrons. The molecule has 29 heavy (non-hydrogen) atoms. The van der Waals surface area contributed by atoms with E-state index in [2.05, 4.69) is 71.9 Å². The molecule has 0 amide bonds. The van der Waals surface area contributed by atoms with E-state index in [0.717, 1.165) is 49.9 Å². The number of nitrogens with one attached hydrogen (secondary N) is 2. The van der Waals surface area contributed by atoms with Crippen molar-refractivity contribution >= 4 is 5.96 Å². The third-order valence-electron chi connectivity index (χ3n) is 5.22. The number of rotatable bonds is 8. The largest absolute Gasteiger partial charge is 0.493 e. The van der Waals surface area contributed by atoms with Crippen molar-refractivity contribution in [3.63, 3.8) is 0 Å². The molecule has 0 aliphatic carbocycles. The Kier molecular flexibility index (Phi) is 7.94. The second kappa shape index (κ2) is 10.9. The van der Waals surface area contributed by atoms with Crippen LogP contribution in [0.4, 0.5) is 0 Å². The summed E-state index contributed by atoms with van der Waals surface area (Å²) in [6, 6.07) is 15.0. The van der Waals surface area contributed by atoms with Crippen molar-refractivity contribution in [1.29, 1.82) is 0 Å². The fourth-order valence-corrected chi connectivity index (χ4v) is 3.34. The molecule has 0 bridgehead atoms. The lowest BCUT2D eigenvalue weighted by Crippen LogP contribution is -2.38. The molecule has 2 aromatic carbocycles. The van der Waals surface area contributed by atoms with Crippen LogP contribution in [0.25, 0.3) is 0 Å². The van der Waals surface area contributed by atoms with Gasteiger partial charge in [0.05, 0.1) is 13.2 Å². The van der Waals surface area contributed by atoms with Crippen LogP contribution in [0.15, 0.2) is 47.5 Å². The SMILES string of the molecule is CN=C(NCCc1ccc(C)cc1)NCc1ccc(C)cc1OCC1CCOC1. The summed E-state index contributed by atoms with van der Waals surface area (Å²) >= 11 is 0. The first-order valence-corrected chi connectivity index (χ1v) is 10.4. The quantitative estimate of drug-likeness (QED) is 0.529. The molecule has 1 heterocycles. The number of hydrogen-bond donors (Lipinski definition) is 2. The molecule has 1 unspecified atom stereocenters. The van der Waals surface area contributed by atoms with E-state index < -0.39 is 0 Å². The molecule has 1 atom stereocenters. The Morgan fingerprint density at radius 1 is 1.10 bits per heavy atom. The molecule has 1 fully saturated rings. The Balaban J connectivity index is 1.49. The lowest BCUT2D eigenvalue weighted by molar-refractivity contribution is 0.166. The highest BCUT2D eigenvalue weighted by Crippen LogP contribution is 2.22. The summed E-state index contributed by atoms with van der Waals surface area (Å²) in [5, 5.41) is 6.80. The number of hydrogen-bond acceptors (Lipinski definition) is 3. The van der Waals surface area contributed by atoms with Crippen molar-refractivity contribution in [2.75, 3.05) is 33.4 Å². The maximum absolute atomic E-state index is 6.14. The summed E-state index contributed by atoms with van der Waals surface area (Å²) in [4.78, 5) is 4.34. The maximum Gasteiger partial charge on any atom is 0.191 e. The molecule has 0 spiro atoms. The monoisotopic (exact) mass is 395 g/mol. The molecule has 1 aliphatic heterocycles. The van der Waals surface area contributed by atoms with Gasteiger partial charge >= 0.3 is 0 Å². The van der Waals surface area contributed by atoms with Crippen molar-refractivity contribution in [3.8, 4) is 5.75 Å². The van der Waals surface area contributed by atoms with Gasteiger partial charge in [-0.2, -0.15) is 0 Å². The topological polar surface area (TPSA) is 54.9 Å². The highest BCUT2D eigenvalue weighted by atomic mass is 16.5. The van der Waals surface area contributed by atoms with Gasteiger partial charge in [0.1, 0.15) is 5.75 Å². The zero-order valence-corrected chi connectivity index (χ0v) is 17.8. The van der Waals surface area contributed by atoms with Crippen molar-refractivity contribution in [3.05, 3.63) is 64.7 Å². The van der Waals surface area contributed by atoms with Crippen LogP contribution in [-0.4, -0.2) is 39.4 Å². The van der Waals surface area contributed by atoms with Gasteiger partial charge in [-0.3, -0.25) is 4.99 Å². The molecule has 5 nitrogen and oxygen atoms in total. The van der Waals surface area contributed by atoms with E-state index in [0.29, 0.717) is 19.1 Å². The molecule has 1 aliphatic rings. The number of benzene rings is 2. The van der Waals surface area contributed by atoms with Crippen LogP contribution in [0, 0.1) is 19.8 Å². The molecular weight excluding hydrogens is 362 g/mol. The minimum Gasteiger partial charge on any atom is -0.493 e. The Morgan fingerprint density at radius 3 is 2.62 bits per heavy atom. The summed E-state index contributed by atoms with van der Waals surface area (Å²) in [5.41, 5.74) is 4.95. The smallest absolute Gasteiger partial charge is 0.191 e. The maximum atomic E-state index is 6.14. The lowest BCUT2D eigenvalue weighted by Gasteiger charge is -2.17. The molecule has 0 aromatic heterocycles. The van der Waals surface area contributed by atoms with Crippen LogP contribution in [0.1, 0.15) is 28.7 Å². The van der Waals surface area contributed by atoms with E-state index >= 15 is 0 Å². The van der Waals surface area contributed by atoms with Crippen LogP contribution < -0.4 is 15.4 Å². The minimum atomic E-state index is 0.493. The first kappa shape index (κ1) is 21.2. The Bertz CT molecular complexity index is 796. The van der Waals surface area contributed by atoms with E-state index in [1.807, 2.05) is 0 Å². The van der Waals surface area contributed by atoms with Crippen molar-refractivity contribution in [2.45, 2.75) is 33.2 Å². The van der Waals surface area contributed by atoms with Crippen molar-refractivity contribution in [2.24, 2.45) is 10.9 Å². The van der Waals surface area contributed by atoms with Gasteiger partial charge < -0.3 is 20.1 Å². The van der Waals surface area contributed by atoms with Crippen LogP contribution in [-0.2, 0) is 17.7 Å². The summed E-state index contributed by atoms with van der Waals surface area (Å²) < 4.78 is 11.6. The predicted molar refractivity (Wildman–Crippen MR) is 119 cm³/mol. The van der Waals surface area contributed by atoms with Crippen molar-refractivity contribution < 1.29 is 9.47 Å². The fraction of sp³-hybridized carbons (Fsp3) is 0.458. The molecule has 0 saturated carbocycles. The minimum absolute atomic E-state index is 0.493. The molecular formula is C24H33N3O2. The van der Waals surface area contributed by atoms with Crippen LogP contribution >= 0.6 is 0 Å². The Hall–Kier alpha value is -2.53. The van der Waals surface area contributed by atoms with E-state index in [1.54, 1.807) is 7.05 Å². The zero-order valence-electron chi connectivity index (χ0n) is 17.8. The standard InChI is InChI=1S/C24H33N3O2/c1-18-4-7-20(8-5-18)10-12-26-24(25-3)27-15-22-9-6-19(2)14-23(22)29-17-21-11-13-28-16-21/h4-9,14,21H,10-13,15-17H2,1-3H3,(H2,25,26,27). The van der Waals surface area contributed by atoms with Gasteiger partial charge in [0.2, 0.25) is 0 Å². The molecule has 2 aromatic rings. The van der Waals surface area contributed by atoms with Gasteiger partial charge in [0.15, 0.2) is 5.96 Å². The van der Waals surface area contributed by atoms with E-state index in [-0.39, 0.29) is 0 Å². The number of ether oxygens (including phenoxy) is 2. The number of nitrogens with zero attached hydrogens (tertiary/aromatic N) is 1. The summed E-state index contributed by atoms with van der Waals surface area (Å²) in [6.07, 6.45) is 2.04. The highest BCUT2D eigenvalue weighted by Gasteiger charge is 2.17. The lowest BCUT2D eigenvalue weighted by atomic mass is 10.1. The van der Waals surface area contributed by atoms with Gasteiger partial charge in [-0.15, -0.1) is 0 Å². The van der Waals surface area contributed by atoms with E-state index in [4.69, 9.17) is 9.47 Å². The summed E-state index contributed by atoms with van der Waals surface area (Å²) in [6.45, 7) is 8.06. The average molecular weight is 396 g/mol. The normalized spacial score (nSPS) is 16.7. The van der Waals surface area contributed by atoms with E-state index in [1.165, 1.54) is 16.7 Å². The van der Waals surface area contributed by atoms with Crippen LogP contribution in [0.5, 0.6) is 5.75 Å². The first-order valence-electron chi connectivity index (χ1n) is 10.4. The van der Waals surface area contributed by atoms with E-state index in [9.17, 15) is 0 Å². The second-order valence-corrected chi connectivity index (χ2v) is 7.74. The van der Waals surface area contributed by atoms with Gasteiger partial charge in [-0.1, -0.05) is 42.0 Å². The number of guanidine groups is 1. The summed E-state index contributed by atoms with van der Waals surface area (Å²) in [5.74, 6) is 2.24. The first-order chi connectivity index (χ1) is 14.1. The molecule has 2 N–H and O–H groups in total. The van der Waals surface area contributed by atoms with Gasteiger partial charge in [-0.05, 0) is 43.9 Å². The zero-order chi connectivity index (χ0) is 20.5. The van der Waals surface area contributed by atoms with Crippen LogP contribution in [0.2, 0.25) is 0 Å². The summed E-state index contributed by atoms with van der Waals surface area (Å²) in [7, 11) is 1.80.